The van der Waals surface area contributed by atoms with E-state index in [1.165, 1.54) is 12.0 Å². The van der Waals surface area contributed by atoms with Crippen LogP contribution in [0.5, 0.6) is 0 Å². The SMILES string of the molecule is c1ncc2c(C3CCNC3)ccn2n1. The van der Waals surface area contributed by atoms with E-state index in [0.29, 0.717) is 5.92 Å². The minimum Gasteiger partial charge on any atom is -0.316 e. The van der Waals surface area contributed by atoms with Crippen molar-refractivity contribution in [3.63, 3.8) is 0 Å². The molecule has 2 aromatic rings. The molecule has 1 saturated heterocycles. The average Bonchev–Trinajstić information content (AvgIpc) is 2.85. The lowest BCUT2D eigenvalue weighted by atomic mass is 10.0. The van der Waals surface area contributed by atoms with Crippen molar-refractivity contribution >= 4 is 5.52 Å². The Morgan fingerprint density at radius 1 is 1.50 bits per heavy atom. The number of aromatic nitrogens is 3. The number of hydrogen-bond acceptors (Lipinski definition) is 3. The van der Waals surface area contributed by atoms with E-state index in [2.05, 4.69) is 21.5 Å². The highest BCUT2D eigenvalue weighted by Crippen LogP contribution is 2.25. The van der Waals surface area contributed by atoms with Crippen LogP contribution < -0.4 is 5.32 Å². The minimum absolute atomic E-state index is 0.631. The van der Waals surface area contributed by atoms with Gasteiger partial charge in [-0.05, 0) is 30.5 Å². The summed E-state index contributed by atoms with van der Waals surface area (Å²) in [5, 5.41) is 7.53. The number of fused-ring (bicyclic) bond motifs is 1. The van der Waals surface area contributed by atoms with E-state index in [1.807, 2.05) is 16.9 Å². The number of nitrogens with zero attached hydrogens (tertiary/aromatic N) is 3. The fraction of sp³-hybridized carbons (Fsp3) is 0.400. The summed E-state index contributed by atoms with van der Waals surface area (Å²) < 4.78 is 1.89. The monoisotopic (exact) mass is 188 g/mol. The molecule has 0 amide bonds. The number of nitrogens with one attached hydrogen (secondary N) is 1. The topological polar surface area (TPSA) is 42.2 Å². The van der Waals surface area contributed by atoms with Gasteiger partial charge < -0.3 is 5.32 Å². The number of rotatable bonds is 1. The fourth-order valence-electron chi connectivity index (χ4n) is 2.14. The summed E-state index contributed by atoms with van der Waals surface area (Å²) in [6.07, 6.45) is 6.68. The van der Waals surface area contributed by atoms with Gasteiger partial charge in [0.05, 0.1) is 11.7 Å². The first-order chi connectivity index (χ1) is 6.95. The van der Waals surface area contributed by atoms with E-state index in [0.717, 1.165) is 18.6 Å². The summed E-state index contributed by atoms with van der Waals surface area (Å²) in [7, 11) is 0. The second-order valence-electron chi connectivity index (χ2n) is 3.70. The third kappa shape index (κ3) is 1.11. The van der Waals surface area contributed by atoms with Crippen molar-refractivity contribution in [3.8, 4) is 0 Å². The standard InChI is InChI=1S/C10H12N4/c1-3-11-5-8(1)9-2-4-14-10(9)6-12-7-13-14/h2,4,6-8,11H,1,3,5H2. The predicted molar refractivity (Wildman–Crippen MR) is 53.2 cm³/mol. The van der Waals surface area contributed by atoms with Crippen LogP contribution in [0.1, 0.15) is 17.9 Å². The Morgan fingerprint density at radius 3 is 3.36 bits per heavy atom. The van der Waals surface area contributed by atoms with Crippen LogP contribution in [-0.2, 0) is 0 Å². The minimum atomic E-state index is 0.631. The highest BCUT2D eigenvalue weighted by atomic mass is 15.2. The van der Waals surface area contributed by atoms with Gasteiger partial charge in [-0.1, -0.05) is 0 Å². The molecule has 1 aliphatic rings. The van der Waals surface area contributed by atoms with Crippen LogP contribution >= 0.6 is 0 Å². The van der Waals surface area contributed by atoms with Crippen LogP contribution in [0.2, 0.25) is 0 Å². The highest BCUT2D eigenvalue weighted by Gasteiger charge is 2.19. The smallest absolute Gasteiger partial charge is 0.136 e. The van der Waals surface area contributed by atoms with Gasteiger partial charge >= 0.3 is 0 Å². The molecule has 1 aliphatic heterocycles. The lowest BCUT2D eigenvalue weighted by molar-refractivity contribution is 0.767. The lowest BCUT2D eigenvalue weighted by Crippen LogP contribution is -2.07. The molecule has 14 heavy (non-hydrogen) atoms. The lowest BCUT2D eigenvalue weighted by Gasteiger charge is -2.05. The number of hydrogen-bond donors (Lipinski definition) is 1. The second kappa shape index (κ2) is 3.06. The fourth-order valence-corrected chi connectivity index (χ4v) is 2.14. The Hall–Kier alpha value is -1.42. The van der Waals surface area contributed by atoms with Gasteiger partial charge in [-0.15, -0.1) is 0 Å². The molecule has 72 valence electrons. The predicted octanol–water partition coefficient (Wildman–Crippen LogP) is 0.806. The Kier molecular flexibility index (Phi) is 1.73. The average molecular weight is 188 g/mol. The molecule has 0 aromatic carbocycles. The summed E-state index contributed by atoms with van der Waals surface area (Å²) in [6, 6.07) is 2.15. The van der Waals surface area contributed by atoms with E-state index < -0.39 is 0 Å². The first-order valence-corrected chi connectivity index (χ1v) is 4.93. The summed E-state index contributed by atoms with van der Waals surface area (Å²) in [4.78, 5) is 4.06. The van der Waals surface area contributed by atoms with Crippen LogP contribution in [0, 0.1) is 0 Å². The molecule has 0 spiro atoms. The summed E-state index contributed by atoms with van der Waals surface area (Å²) in [6.45, 7) is 2.20. The Morgan fingerprint density at radius 2 is 2.50 bits per heavy atom. The Bertz CT molecular complexity index is 442. The van der Waals surface area contributed by atoms with E-state index in [-0.39, 0.29) is 0 Å². The largest absolute Gasteiger partial charge is 0.316 e. The molecule has 0 aliphatic carbocycles. The van der Waals surface area contributed by atoms with Crippen molar-refractivity contribution in [2.45, 2.75) is 12.3 Å². The molecule has 0 saturated carbocycles. The van der Waals surface area contributed by atoms with Crippen molar-refractivity contribution in [3.05, 3.63) is 30.4 Å². The van der Waals surface area contributed by atoms with Gasteiger partial charge in [-0.3, -0.25) is 0 Å². The maximum absolute atomic E-state index is 4.16. The molecular formula is C10H12N4. The highest BCUT2D eigenvalue weighted by molar-refractivity contribution is 5.55. The zero-order chi connectivity index (χ0) is 9.38. The third-order valence-corrected chi connectivity index (χ3v) is 2.88. The van der Waals surface area contributed by atoms with Crippen molar-refractivity contribution in [2.75, 3.05) is 13.1 Å². The van der Waals surface area contributed by atoms with Crippen LogP contribution in [0.25, 0.3) is 5.52 Å². The van der Waals surface area contributed by atoms with Gasteiger partial charge in [0.2, 0.25) is 0 Å². The van der Waals surface area contributed by atoms with Gasteiger partial charge in [0.25, 0.3) is 0 Å². The molecule has 2 aromatic heterocycles. The summed E-state index contributed by atoms with van der Waals surface area (Å²) in [5.74, 6) is 0.631. The normalized spacial score (nSPS) is 21.9. The van der Waals surface area contributed by atoms with Gasteiger partial charge in [-0.2, -0.15) is 5.10 Å². The molecule has 1 N–H and O–H groups in total. The molecule has 1 fully saturated rings. The van der Waals surface area contributed by atoms with Gasteiger partial charge in [0, 0.05) is 12.7 Å². The molecular weight excluding hydrogens is 176 g/mol. The Balaban J connectivity index is 2.11. The Labute approximate surface area is 82.0 Å². The zero-order valence-electron chi connectivity index (χ0n) is 7.85. The van der Waals surface area contributed by atoms with E-state index >= 15 is 0 Å². The molecule has 3 rings (SSSR count). The zero-order valence-corrected chi connectivity index (χ0v) is 7.85. The van der Waals surface area contributed by atoms with Crippen LogP contribution in [0.4, 0.5) is 0 Å². The molecule has 4 heteroatoms. The van der Waals surface area contributed by atoms with E-state index in [9.17, 15) is 0 Å². The third-order valence-electron chi connectivity index (χ3n) is 2.88. The second-order valence-corrected chi connectivity index (χ2v) is 3.70. The van der Waals surface area contributed by atoms with Crippen LogP contribution in [0.3, 0.4) is 0 Å². The van der Waals surface area contributed by atoms with Crippen molar-refractivity contribution in [2.24, 2.45) is 0 Å². The van der Waals surface area contributed by atoms with Crippen LogP contribution in [0.15, 0.2) is 24.8 Å². The quantitative estimate of drug-likeness (QED) is 0.720. The summed E-state index contributed by atoms with van der Waals surface area (Å²) in [5.41, 5.74) is 2.51. The molecule has 1 atom stereocenters. The van der Waals surface area contributed by atoms with Gasteiger partial charge in [0.15, 0.2) is 0 Å². The van der Waals surface area contributed by atoms with E-state index in [4.69, 9.17) is 0 Å². The molecule has 3 heterocycles. The summed E-state index contributed by atoms with van der Waals surface area (Å²) >= 11 is 0. The van der Waals surface area contributed by atoms with Crippen molar-refractivity contribution < 1.29 is 0 Å². The van der Waals surface area contributed by atoms with E-state index in [1.54, 1.807) is 6.33 Å². The maximum atomic E-state index is 4.16. The molecule has 0 radical (unpaired) electrons. The molecule has 0 bridgehead atoms. The first kappa shape index (κ1) is 7.94. The van der Waals surface area contributed by atoms with Crippen molar-refractivity contribution in [1.82, 2.24) is 19.9 Å². The molecule has 1 unspecified atom stereocenters. The molecule has 4 nitrogen and oxygen atoms in total. The first-order valence-electron chi connectivity index (χ1n) is 4.93. The van der Waals surface area contributed by atoms with Crippen molar-refractivity contribution in [1.29, 1.82) is 0 Å². The van der Waals surface area contributed by atoms with Gasteiger partial charge in [-0.25, -0.2) is 9.50 Å². The van der Waals surface area contributed by atoms with Gasteiger partial charge in [0.1, 0.15) is 6.33 Å². The van der Waals surface area contributed by atoms with Crippen LogP contribution in [-0.4, -0.2) is 27.7 Å². The maximum Gasteiger partial charge on any atom is 0.136 e.